The van der Waals surface area contributed by atoms with E-state index in [0.29, 0.717) is 19.4 Å². The van der Waals surface area contributed by atoms with Crippen LogP contribution in [0.4, 0.5) is 4.79 Å². The van der Waals surface area contributed by atoms with E-state index in [1.807, 2.05) is 0 Å². The summed E-state index contributed by atoms with van der Waals surface area (Å²) in [6.07, 6.45) is 4.76. The molecule has 0 radical (unpaired) electrons. The topological polar surface area (TPSA) is 69.6 Å². The maximum atomic E-state index is 11.6. The van der Waals surface area contributed by atoms with Crippen molar-refractivity contribution in [2.24, 2.45) is 5.41 Å². The quantitative estimate of drug-likeness (QED) is 0.715. The maximum absolute atomic E-state index is 11.6. The summed E-state index contributed by atoms with van der Waals surface area (Å²) in [5, 5.41) is 11.9. The number of nitrogens with one attached hydrogen (secondary N) is 1. The number of carbonyl (C=O) groups excluding carboxylic acids is 1. The number of rotatable bonds is 5. The number of likely N-dealkylation sites (N-methyl/N-ethyl adjacent to an activating group) is 1. The van der Waals surface area contributed by atoms with Gasteiger partial charge in [-0.15, -0.1) is 6.58 Å². The van der Waals surface area contributed by atoms with Crippen LogP contribution in [0.15, 0.2) is 12.7 Å². The fourth-order valence-electron chi connectivity index (χ4n) is 2.17. The number of carbonyl (C=O) groups is 2. The fraction of sp³-hybridized carbons (Fsp3) is 0.667. The van der Waals surface area contributed by atoms with Crippen molar-refractivity contribution in [1.29, 1.82) is 0 Å². The fourth-order valence-corrected chi connectivity index (χ4v) is 2.17. The van der Waals surface area contributed by atoms with Gasteiger partial charge in [-0.1, -0.05) is 18.9 Å². The van der Waals surface area contributed by atoms with Gasteiger partial charge in [-0.3, -0.25) is 4.79 Å². The molecule has 1 saturated carbocycles. The molecule has 0 aromatic heterocycles. The first kappa shape index (κ1) is 13.5. The summed E-state index contributed by atoms with van der Waals surface area (Å²) in [4.78, 5) is 24.3. The van der Waals surface area contributed by atoms with Crippen molar-refractivity contribution in [3.05, 3.63) is 12.7 Å². The first-order valence-corrected chi connectivity index (χ1v) is 5.85. The third-order valence-corrected chi connectivity index (χ3v) is 3.34. The number of amides is 2. The number of aliphatic carboxylic acids is 1. The molecule has 5 nitrogen and oxygen atoms in total. The number of hydrogen-bond acceptors (Lipinski definition) is 2. The number of carboxylic acids is 1. The molecule has 1 fully saturated rings. The van der Waals surface area contributed by atoms with Gasteiger partial charge in [0.25, 0.3) is 0 Å². The van der Waals surface area contributed by atoms with E-state index in [1.165, 1.54) is 4.90 Å². The van der Waals surface area contributed by atoms with Crippen molar-refractivity contribution in [3.63, 3.8) is 0 Å². The molecular formula is C12H20N2O3. The third kappa shape index (κ3) is 3.22. The van der Waals surface area contributed by atoms with Crippen LogP contribution in [0, 0.1) is 5.41 Å². The second-order valence-corrected chi connectivity index (χ2v) is 4.62. The Labute approximate surface area is 101 Å². The zero-order valence-corrected chi connectivity index (χ0v) is 10.2. The second-order valence-electron chi connectivity index (χ2n) is 4.62. The van der Waals surface area contributed by atoms with Gasteiger partial charge in [0.2, 0.25) is 0 Å². The van der Waals surface area contributed by atoms with Crippen LogP contribution in [-0.4, -0.2) is 42.1 Å². The Morgan fingerprint density at radius 1 is 1.47 bits per heavy atom. The Kier molecular flexibility index (Phi) is 4.54. The lowest BCUT2D eigenvalue weighted by Crippen LogP contribution is -2.45. The molecule has 0 bridgehead atoms. The molecule has 17 heavy (non-hydrogen) atoms. The molecule has 0 aromatic carbocycles. The third-order valence-electron chi connectivity index (χ3n) is 3.34. The molecule has 0 spiro atoms. The monoisotopic (exact) mass is 240 g/mol. The zero-order valence-electron chi connectivity index (χ0n) is 10.2. The van der Waals surface area contributed by atoms with Gasteiger partial charge in [-0.05, 0) is 12.8 Å². The molecule has 0 saturated heterocycles. The molecule has 0 aromatic rings. The largest absolute Gasteiger partial charge is 0.481 e. The maximum Gasteiger partial charge on any atom is 0.317 e. The average Bonchev–Trinajstić information content (AvgIpc) is 2.76. The molecule has 1 aliphatic rings. The van der Waals surface area contributed by atoms with Gasteiger partial charge in [-0.25, -0.2) is 4.79 Å². The number of nitrogens with zero attached hydrogens (tertiary/aromatic N) is 1. The standard InChI is InChI=1S/C12H20N2O3/c1-3-8-14(2)11(17)13-9-12(10(15)16)6-4-5-7-12/h3H,1,4-9H2,2H3,(H,13,17)(H,15,16). The zero-order chi connectivity index (χ0) is 12.9. The minimum absolute atomic E-state index is 0.211. The Morgan fingerprint density at radius 2 is 2.06 bits per heavy atom. The first-order chi connectivity index (χ1) is 8.02. The predicted octanol–water partition coefficient (Wildman–Crippen LogP) is 1.46. The molecule has 96 valence electrons. The second kappa shape index (κ2) is 5.70. The van der Waals surface area contributed by atoms with Crippen LogP contribution >= 0.6 is 0 Å². The normalized spacial score (nSPS) is 17.5. The summed E-state index contributed by atoms with van der Waals surface area (Å²) in [7, 11) is 1.65. The molecule has 1 aliphatic carbocycles. The van der Waals surface area contributed by atoms with Crippen LogP contribution in [-0.2, 0) is 4.79 Å². The van der Waals surface area contributed by atoms with Crippen LogP contribution in [0.5, 0.6) is 0 Å². The minimum Gasteiger partial charge on any atom is -0.481 e. The van der Waals surface area contributed by atoms with Crippen molar-refractivity contribution in [3.8, 4) is 0 Å². The minimum atomic E-state index is -0.804. The molecule has 0 atom stereocenters. The molecule has 0 heterocycles. The van der Waals surface area contributed by atoms with Crippen LogP contribution < -0.4 is 5.32 Å². The van der Waals surface area contributed by atoms with Gasteiger partial charge >= 0.3 is 12.0 Å². The highest BCUT2D eigenvalue weighted by molar-refractivity contribution is 5.78. The lowest BCUT2D eigenvalue weighted by Gasteiger charge is -2.25. The highest BCUT2D eigenvalue weighted by atomic mass is 16.4. The van der Waals surface area contributed by atoms with E-state index in [-0.39, 0.29) is 12.6 Å². The summed E-state index contributed by atoms with van der Waals surface area (Å²) >= 11 is 0. The molecule has 2 N–H and O–H groups in total. The van der Waals surface area contributed by atoms with Gasteiger partial charge < -0.3 is 15.3 Å². The van der Waals surface area contributed by atoms with Crippen molar-refractivity contribution in [2.75, 3.05) is 20.1 Å². The van der Waals surface area contributed by atoms with Crippen LogP contribution in [0.3, 0.4) is 0 Å². The van der Waals surface area contributed by atoms with E-state index in [0.717, 1.165) is 12.8 Å². The van der Waals surface area contributed by atoms with Gasteiger partial charge in [-0.2, -0.15) is 0 Å². The molecule has 2 amide bonds. The lowest BCUT2D eigenvalue weighted by molar-refractivity contribution is -0.148. The lowest BCUT2D eigenvalue weighted by atomic mass is 9.86. The van der Waals surface area contributed by atoms with Crippen LogP contribution in [0.25, 0.3) is 0 Å². The summed E-state index contributed by atoms with van der Waals surface area (Å²) in [5.74, 6) is -0.804. The van der Waals surface area contributed by atoms with E-state index in [1.54, 1.807) is 13.1 Å². The summed E-state index contributed by atoms with van der Waals surface area (Å²) in [5.41, 5.74) is -0.759. The SMILES string of the molecule is C=CCN(C)C(=O)NCC1(C(=O)O)CCCC1. The predicted molar refractivity (Wildman–Crippen MR) is 64.8 cm³/mol. The van der Waals surface area contributed by atoms with Crippen molar-refractivity contribution in [2.45, 2.75) is 25.7 Å². The molecule has 1 rings (SSSR count). The Balaban J connectivity index is 2.50. The number of carboxylic acid groups (broad SMARTS) is 1. The highest BCUT2D eigenvalue weighted by Crippen LogP contribution is 2.37. The van der Waals surface area contributed by atoms with E-state index < -0.39 is 11.4 Å². The number of urea groups is 1. The van der Waals surface area contributed by atoms with E-state index in [9.17, 15) is 14.7 Å². The molecule has 0 aliphatic heterocycles. The molecular weight excluding hydrogens is 220 g/mol. The van der Waals surface area contributed by atoms with Gasteiger partial charge in [0.15, 0.2) is 0 Å². The van der Waals surface area contributed by atoms with Crippen molar-refractivity contribution in [1.82, 2.24) is 10.2 Å². The smallest absolute Gasteiger partial charge is 0.317 e. The summed E-state index contributed by atoms with van der Waals surface area (Å²) in [6.45, 7) is 4.21. The van der Waals surface area contributed by atoms with Crippen LogP contribution in [0.1, 0.15) is 25.7 Å². The average molecular weight is 240 g/mol. The Hall–Kier alpha value is -1.52. The van der Waals surface area contributed by atoms with E-state index in [2.05, 4.69) is 11.9 Å². The van der Waals surface area contributed by atoms with E-state index in [4.69, 9.17) is 0 Å². The van der Waals surface area contributed by atoms with Gasteiger partial charge in [0, 0.05) is 20.1 Å². The van der Waals surface area contributed by atoms with Crippen molar-refractivity contribution < 1.29 is 14.7 Å². The van der Waals surface area contributed by atoms with Crippen molar-refractivity contribution >= 4 is 12.0 Å². The summed E-state index contributed by atoms with van der Waals surface area (Å²) in [6, 6.07) is -0.252. The van der Waals surface area contributed by atoms with Gasteiger partial charge in [0.1, 0.15) is 0 Å². The highest BCUT2D eigenvalue weighted by Gasteiger charge is 2.41. The molecule has 0 unspecified atom stereocenters. The van der Waals surface area contributed by atoms with Crippen LogP contribution in [0.2, 0.25) is 0 Å². The van der Waals surface area contributed by atoms with Gasteiger partial charge in [0.05, 0.1) is 5.41 Å². The molecule has 5 heteroatoms. The first-order valence-electron chi connectivity index (χ1n) is 5.85. The summed E-state index contributed by atoms with van der Waals surface area (Å²) < 4.78 is 0. The number of hydrogen-bond donors (Lipinski definition) is 2. The Morgan fingerprint density at radius 3 is 2.53 bits per heavy atom. The van der Waals surface area contributed by atoms with E-state index >= 15 is 0 Å². The Bertz CT molecular complexity index is 309.